The fraction of sp³-hybridized carbons (Fsp3) is 0.667. The van der Waals surface area contributed by atoms with Gasteiger partial charge in [0.1, 0.15) is 5.82 Å². The molecule has 0 bridgehead atoms. The van der Waals surface area contributed by atoms with Crippen molar-refractivity contribution in [2.24, 2.45) is 10.9 Å². The van der Waals surface area contributed by atoms with E-state index in [1.165, 1.54) is 12.1 Å². The average molecular weight is 522 g/mol. The van der Waals surface area contributed by atoms with Gasteiger partial charge in [-0.15, -0.1) is 24.0 Å². The van der Waals surface area contributed by atoms with E-state index in [4.69, 9.17) is 9.47 Å². The Labute approximate surface area is 191 Å². The highest BCUT2D eigenvalue weighted by atomic mass is 127. The number of methoxy groups -OCH3 is 1. The van der Waals surface area contributed by atoms with Crippen LogP contribution < -0.4 is 10.6 Å². The van der Waals surface area contributed by atoms with E-state index >= 15 is 0 Å². The van der Waals surface area contributed by atoms with Crippen molar-refractivity contribution in [3.05, 3.63) is 35.6 Å². The molecule has 2 unspecified atom stereocenters. The molecule has 1 aromatic carbocycles. The lowest BCUT2D eigenvalue weighted by Gasteiger charge is -2.35. The zero-order chi connectivity index (χ0) is 20.4. The predicted molar refractivity (Wildman–Crippen MR) is 127 cm³/mol. The van der Waals surface area contributed by atoms with Crippen LogP contribution in [0.15, 0.2) is 29.3 Å². The molecule has 0 spiro atoms. The monoisotopic (exact) mass is 522 g/mol. The maximum atomic E-state index is 13.1. The molecule has 29 heavy (non-hydrogen) atoms. The lowest BCUT2D eigenvalue weighted by molar-refractivity contribution is 0.0132. The van der Waals surface area contributed by atoms with E-state index in [2.05, 4.69) is 34.4 Å². The number of rotatable bonds is 9. The molecule has 1 aliphatic rings. The predicted octanol–water partition coefficient (Wildman–Crippen LogP) is 3.04. The van der Waals surface area contributed by atoms with E-state index in [-0.39, 0.29) is 35.9 Å². The normalized spacial score (nSPS) is 17.5. The summed E-state index contributed by atoms with van der Waals surface area (Å²) in [6, 6.07) is 6.84. The number of benzene rings is 1. The number of halogens is 2. The third-order valence-corrected chi connectivity index (χ3v) is 5.02. The molecule has 6 nitrogen and oxygen atoms in total. The minimum atomic E-state index is -0.247. The molecular weight excluding hydrogens is 486 g/mol. The molecule has 0 amide bonds. The molecule has 2 atom stereocenters. The minimum absolute atomic E-state index is 0. The van der Waals surface area contributed by atoms with Crippen molar-refractivity contribution in [2.75, 3.05) is 53.6 Å². The van der Waals surface area contributed by atoms with Gasteiger partial charge in [0.25, 0.3) is 0 Å². The number of nitrogens with one attached hydrogen (secondary N) is 2. The van der Waals surface area contributed by atoms with Crippen LogP contribution in [-0.2, 0) is 9.47 Å². The van der Waals surface area contributed by atoms with Gasteiger partial charge in [-0.05, 0) is 30.0 Å². The second-order valence-corrected chi connectivity index (χ2v) is 7.54. The van der Waals surface area contributed by atoms with E-state index in [1.807, 2.05) is 0 Å². The lowest BCUT2D eigenvalue weighted by atomic mass is 10.0. The summed E-state index contributed by atoms with van der Waals surface area (Å²) in [6.07, 6.45) is 0.949. The first-order chi connectivity index (χ1) is 13.5. The Bertz CT molecular complexity index is 595. The Morgan fingerprint density at radius 2 is 1.79 bits per heavy atom. The first-order valence-electron chi connectivity index (χ1n) is 10.1. The van der Waals surface area contributed by atoms with Crippen LogP contribution in [0.5, 0.6) is 0 Å². The van der Waals surface area contributed by atoms with Crippen molar-refractivity contribution in [3.63, 3.8) is 0 Å². The van der Waals surface area contributed by atoms with Gasteiger partial charge in [0, 0.05) is 46.4 Å². The summed E-state index contributed by atoms with van der Waals surface area (Å²) in [5, 5.41) is 6.78. The molecular formula is C21H36FIN4O2. The maximum Gasteiger partial charge on any atom is 0.191 e. The molecule has 0 radical (unpaired) electrons. The van der Waals surface area contributed by atoms with Gasteiger partial charge >= 0.3 is 0 Å². The fourth-order valence-corrected chi connectivity index (χ4v) is 3.49. The van der Waals surface area contributed by atoms with E-state index in [0.717, 1.165) is 50.8 Å². The molecule has 2 rings (SSSR count). The van der Waals surface area contributed by atoms with Crippen molar-refractivity contribution < 1.29 is 13.9 Å². The Hall–Kier alpha value is -0.970. The molecule has 1 saturated heterocycles. The second kappa shape index (κ2) is 14.1. The van der Waals surface area contributed by atoms with Crippen LogP contribution in [0.4, 0.5) is 4.39 Å². The number of morpholine rings is 1. The maximum absolute atomic E-state index is 13.1. The summed E-state index contributed by atoms with van der Waals surface area (Å²) >= 11 is 0. The van der Waals surface area contributed by atoms with Gasteiger partial charge in [-0.3, -0.25) is 9.89 Å². The average Bonchev–Trinajstić information content (AvgIpc) is 2.71. The van der Waals surface area contributed by atoms with Gasteiger partial charge in [0.2, 0.25) is 0 Å². The van der Waals surface area contributed by atoms with Crippen molar-refractivity contribution in [1.82, 2.24) is 15.5 Å². The zero-order valence-electron chi connectivity index (χ0n) is 18.0. The number of nitrogens with zero attached hydrogens (tertiary/aromatic N) is 2. The van der Waals surface area contributed by atoms with E-state index in [0.29, 0.717) is 18.5 Å². The molecule has 1 aromatic rings. The van der Waals surface area contributed by atoms with Crippen LogP contribution in [0.25, 0.3) is 0 Å². The highest BCUT2D eigenvalue weighted by molar-refractivity contribution is 14.0. The molecule has 0 aliphatic carbocycles. The standard InChI is InChI=1S/C21H35FN4O2.HI/c1-16(2)13-19(26-9-11-28-12-10-26)14-24-21(23-3)25-15-20(27-4)17-5-7-18(22)8-6-17;/h5-8,16,19-20H,9-15H2,1-4H3,(H2,23,24,25);1H. The van der Waals surface area contributed by atoms with Gasteiger partial charge in [0.15, 0.2) is 5.96 Å². The number of guanidine groups is 1. The third-order valence-electron chi connectivity index (χ3n) is 5.02. The smallest absolute Gasteiger partial charge is 0.191 e. The van der Waals surface area contributed by atoms with Gasteiger partial charge in [-0.2, -0.15) is 0 Å². The summed E-state index contributed by atoms with van der Waals surface area (Å²) in [7, 11) is 3.42. The number of hydrogen-bond donors (Lipinski definition) is 2. The Kier molecular flexibility index (Phi) is 12.7. The van der Waals surface area contributed by atoms with Crippen molar-refractivity contribution in [3.8, 4) is 0 Å². The van der Waals surface area contributed by atoms with Crippen molar-refractivity contribution in [2.45, 2.75) is 32.4 Å². The summed E-state index contributed by atoms with van der Waals surface area (Å²) in [4.78, 5) is 6.83. The van der Waals surface area contributed by atoms with Crippen LogP contribution in [0.1, 0.15) is 31.9 Å². The first-order valence-corrected chi connectivity index (χ1v) is 10.1. The topological polar surface area (TPSA) is 58.1 Å². The number of ether oxygens (including phenoxy) is 2. The van der Waals surface area contributed by atoms with Gasteiger partial charge in [0.05, 0.1) is 19.3 Å². The summed E-state index contributed by atoms with van der Waals surface area (Å²) in [5.74, 6) is 1.12. The lowest BCUT2D eigenvalue weighted by Crippen LogP contribution is -2.51. The first kappa shape index (κ1) is 26.1. The minimum Gasteiger partial charge on any atom is -0.379 e. The fourth-order valence-electron chi connectivity index (χ4n) is 3.49. The van der Waals surface area contributed by atoms with Gasteiger partial charge < -0.3 is 20.1 Å². The SMILES string of the molecule is CN=C(NCC(OC)c1ccc(F)cc1)NCC(CC(C)C)N1CCOCC1.I. The molecule has 1 aliphatic heterocycles. The third kappa shape index (κ3) is 9.15. The zero-order valence-corrected chi connectivity index (χ0v) is 20.3. The molecule has 2 N–H and O–H groups in total. The summed E-state index contributed by atoms with van der Waals surface area (Å²) in [5.41, 5.74) is 0.929. The van der Waals surface area contributed by atoms with Crippen molar-refractivity contribution >= 4 is 29.9 Å². The van der Waals surface area contributed by atoms with E-state index in [9.17, 15) is 4.39 Å². The molecule has 166 valence electrons. The van der Waals surface area contributed by atoms with E-state index < -0.39 is 0 Å². The van der Waals surface area contributed by atoms with Gasteiger partial charge in [-0.1, -0.05) is 26.0 Å². The van der Waals surface area contributed by atoms with Crippen molar-refractivity contribution in [1.29, 1.82) is 0 Å². The largest absolute Gasteiger partial charge is 0.379 e. The highest BCUT2D eigenvalue weighted by Crippen LogP contribution is 2.16. The molecule has 0 saturated carbocycles. The Morgan fingerprint density at radius 3 is 2.34 bits per heavy atom. The number of aliphatic imine (C=N–C) groups is 1. The van der Waals surface area contributed by atoms with Crippen LogP contribution >= 0.6 is 24.0 Å². The van der Waals surface area contributed by atoms with Crippen LogP contribution in [0, 0.1) is 11.7 Å². The second-order valence-electron chi connectivity index (χ2n) is 7.54. The van der Waals surface area contributed by atoms with Crippen LogP contribution in [0.3, 0.4) is 0 Å². The van der Waals surface area contributed by atoms with E-state index in [1.54, 1.807) is 26.3 Å². The molecule has 1 heterocycles. The van der Waals surface area contributed by atoms with Crippen LogP contribution in [0.2, 0.25) is 0 Å². The quantitative estimate of drug-likeness (QED) is 0.297. The highest BCUT2D eigenvalue weighted by Gasteiger charge is 2.22. The number of hydrogen-bond acceptors (Lipinski definition) is 4. The Morgan fingerprint density at radius 1 is 1.17 bits per heavy atom. The summed E-state index contributed by atoms with van der Waals surface area (Å²) < 4.78 is 24.2. The summed E-state index contributed by atoms with van der Waals surface area (Å²) in [6.45, 7) is 9.44. The molecule has 1 fully saturated rings. The van der Waals surface area contributed by atoms with Crippen LogP contribution in [-0.4, -0.2) is 70.5 Å². The molecule has 0 aromatic heterocycles. The Balaban J connectivity index is 0.00000420. The molecule has 8 heteroatoms. The van der Waals surface area contributed by atoms with Gasteiger partial charge in [-0.25, -0.2) is 4.39 Å².